The van der Waals surface area contributed by atoms with Crippen molar-refractivity contribution in [1.82, 2.24) is 10.6 Å². The molecule has 1 aliphatic rings. The van der Waals surface area contributed by atoms with Crippen molar-refractivity contribution in [1.29, 1.82) is 0 Å². The van der Waals surface area contributed by atoms with Gasteiger partial charge in [-0.1, -0.05) is 28.6 Å². The monoisotopic (exact) mass is 366 g/mol. The number of benzene rings is 1. The fraction of sp³-hybridized carbons (Fsp3) is 0.200. The Labute approximate surface area is 136 Å². The van der Waals surface area contributed by atoms with E-state index in [0.29, 0.717) is 34.7 Å². The minimum atomic E-state index is -0.539. The zero-order valence-corrected chi connectivity index (χ0v) is 13.5. The molecular formula is C15H15BrN2O4. The molecule has 1 aromatic carbocycles. The summed E-state index contributed by atoms with van der Waals surface area (Å²) in [6.45, 7) is 6.29. The number of carbonyl (C=O) groups is 2. The van der Waals surface area contributed by atoms with Crippen molar-refractivity contribution in [3.8, 4) is 11.5 Å². The van der Waals surface area contributed by atoms with Gasteiger partial charge in [0, 0.05) is 4.47 Å². The van der Waals surface area contributed by atoms with Crippen molar-refractivity contribution in [2.24, 2.45) is 0 Å². The summed E-state index contributed by atoms with van der Waals surface area (Å²) in [4.78, 5) is 22.7. The van der Waals surface area contributed by atoms with E-state index in [4.69, 9.17) is 9.47 Å². The van der Waals surface area contributed by atoms with Crippen LogP contribution in [0, 0.1) is 0 Å². The van der Waals surface area contributed by atoms with Crippen LogP contribution in [0.2, 0.25) is 0 Å². The summed E-state index contributed by atoms with van der Waals surface area (Å²) in [6, 6.07) is 2.94. The topological polar surface area (TPSA) is 76.7 Å². The molecule has 0 radical (unpaired) electrons. The molecule has 7 heteroatoms. The second-order valence-electron chi connectivity index (χ2n) is 4.32. The molecule has 2 N–H and O–H groups in total. The van der Waals surface area contributed by atoms with Crippen LogP contribution >= 0.6 is 15.9 Å². The Hall–Kier alpha value is -2.28. The number of imide groups is 1. The molecule has 0 saturated carbocycles. The van der Waals surface area contributed by atoms with Crippen LogP contribution < -0.4 is 20.1 Å². The van der Waals surface area contributed by atoms with E-state index in [-0.39, 0.29) is 5.70 Å². The average Bonchev–Trinajstić information content (AvgIpc) is 2.79. The van der Waals surface area contributed by atoms with Gasteiger partial charge < -0.3 is 14.8 Å². The van der Waals surface area contributed by atoms with Crippen molar-refractivity contribution in [3.63, 3.8) is 0 Å². The lowest BCUT2D eigenvalue weighted by Gasteiger charge is -2.13. The molecule has 1 saturated heterocycles. The molecule has 0 unspecified atom stereocenters. The second-order valence-corrected chi connectivity index (χ2v) is 5.17. The van der Waals surface area contributed by atoms with E-state index in [1.54, 1.807) is 24.3 Å². The maximum Gasteiger partial charge on any atom is 0.326 e. The zero-order valence-electron chi connectivity index (χ0n) is 11.9. The van der Waals surface area contributed by atoms with Gasteiger partial charge in [0.1, 0.15) is 12.3 Å². The maximum atomic E-state index is 11.6. The van der Waals surface area contributed by atoms with Crippen molar-refractivity contribution in [2.75, 3.05) is 13.2 Å². The van der Waals surface area contributed by atoms with Crippen LogP contribution in [0.4, 0.5) is 4.79 Å². The van der Waals surface area contributed by atoms with Gasteiger partial charge in [0.05, 0.1) is 6.61 Å². The van der Waals surface area contributed by atoms with Crippen LogP contribution in [0.5, 0.6) is 11.5 Å². The third-order valence-electron chi connectivity index (χ3n) is 2.74. The minimum absolute atomic E-state index is 0.174. The molecule has 0 aliphatic carbocycles. The first-order valence-electron chi connectivity index (χ1n) is 6.59. The van der Waals surface area contributed by atoms with Gasteiger partial charge in [0.2, 0.25) is 0 Å². The van der Waals surface area contributed by atoms with Crippen molar-refractivity contribution >= 4 is 33.9 Å². The molecule has 2 rings (SSSR count). The number of hydrogen-bond donors (Lipinski definition) is 2. The Balaban J connectivity index is 2.37. The molecule has 1 heterocycles. The number of nitrogens with one attached hydrogen (secondary N) is 2. The summed E-state index contributed by atoms with van der Waals surface area (Å²) in [5.41, 5.74) is 0.856. The van der Waals surface area contributed by atoms with E-state index in [9.17, 15) is 9.59 Å². The highest BCUT2D eigenvalue weighted by Gasteiger charge is 2.23. The summed E-state index contributed by atoms with van der Waals surface area (Å²) in [6.07, 6.45) is 3.20. The van der Waals surface area contributed by atoms with Gasteiger partial charge in [-0.15, -0.1) is 0 Å². The first-order chi connectivity index (χ1) is 10.5. The van der Waals surface area contributed by atoms with E-state index >= 15 is 0 Å². The third kappa shape index (κ3) is 3.67. The van der Waals surface area contributed by atoms with Gasteiger partial charge in [-0.05, 0) is 30.7 Å². The number of urea groups is 1. The Morgan fingerprint density at radius 1 is 1.23 bits per heavy atom. The Morgan fingerprint density at radius 2 is 1.95 bits per heavy atom. The molecule has 116 valence electrons. The Morgan fingerprint density at radius 3 is 2.55 bits per heavy atom. The van der Waals surface area contributed by atoms with Gasteiger partial charge in [-0.25, -0.2) is 4.79 Å². The van der Waals surface area contributed by atoms with Gasteiger partial charge in [0.15, 0.2) is 11.5 Å². The highest BCUT2D eigenvalue weighted by Crippen LogP contribution is 2.35. The molecular weight excluding hydrogens is 352 g/mol. The number of halogens is 1. The Bertz CT molecular complexity index is 655. The van der Waals surface area contributed by atoms with Crippen LogP contribution in [0.3, 0.4) is 0 Å². The first-order valence-corrected chi connectivity index (χ1v) is 7.38. The molecule has 6 nitrogen and oxygen atoms in total. The molecule has 22 heavy (non-hydrogen) atoms. The zero-order chi connectivity index (χ0) is 16.1. The van der Waals surface area contributed by atoms with Gasteiger partial charge in [0.25, 0.3) is 5.91 Å². The number of amides is 3. The number of hydrogen-bond acceptors (Lipinski definition) is 4. The fourth-order valence-corrected chi connectivity index (χ4v) is 2.27. The smallest absolute Gasteiger partial charge is 0.326 e. The maximum absolute atomic E-state index is 11.6. The first kappa shape index (κ1) is 16.1. The van der Waals surface area contributed by atoms with Gasteiger partial charge in [-0.3, -0.25) is 10.1 Å². The van der Waals surface area contributed by atoms with E-state index in [1.807, 2.05) is 6.92 Å². The van der Waals surface area contributed by atoms with Crippen molar-refractivity contribution < 1.29 is 19.1 Å². The standard InChI is InChI=1S/C15H15BrN2O4/c1-3-5-22-13-8-10(16)9(7-12(13)21-4-2)6-11-14(19)18-15(20)17-11/h3,6-8H,1,4-5H2,2H3,(H2,17,18,19,20)/b11-6+. The Kier molecular flexibility index (Phi) is 5.21. The molecule has 0 aromatic heterocycles. The molecule has 0 spiro atoms. The molecule has 0 bridgehead atoms. The number of carbonyl (C=O) groups excluding carboxylic acids is 2. The summed E-state index contributed by atoms with van der Waals surface area (Å²) < 4.78 is 11.8. The van der Waals surface area contributed by atoms with Gasteiger partial charge in [-0.2, -0.15) is 0 Å². The largest absolute Gasteiger partial charge is 0.490 e. The SMILES string of the molecule is C=CCOc1cc(Br)c(/C=C2/NC(=O)NC2=O)cc1OCC. The molecule has 1 aromatic rings. The second kappa shape index (κ2) is 7.13. The lowest BCUT2D eigenvalue weighted by Crippen LogP contribution is -2.22. The molecule has 0 atom stereocenters. The highest BCUT2D eigenvalue weighted by molar-refractivity contribution is 9.10. The molecule has 1 aliphatic heterocycles. The van der Waals surface area contributed by atoms with Crippen LogP contribution in [-0.4, -0.2) is 25.2 Å². The van der Waals surface area contributed by atoms with Crippen molar-refractivity contribution in [3.05, 3.63) is 40.5 Å². The van der Waals surface area contributed by atoms with Crippen LogP contribution in [-0.2, 0) is 4.79 Å². The van der Waals surface area contributed by atoms with Gasteiger partial charge >= 0.3 is 6.03 Å². The van der Waals surface area contributed by atoms with E-state index in [0.717, 1.165) is 0 Å². The number of ether oxygens (including phenoxy) is 2. The molecule has 3 amide bonds. The number of rotatable bonds is 6. The third-order valence-corrected chi connectivity index (χ3v) is 3.43. The average molecular weight is 367 g/mol. The lowest BCUT2D eigenvalue weighted by atomic mass is 10.1. The van der Waals surface area contributed by atoms with E-state index in [2.05, 4.69) is 33.1 Å². The summed E-state index contributed by atoms with van der Waals surface area (Å²) in [5.74, 6) is 0.640. The normalized spacial score (nSPS) is 15.5. The van der Waals surface area contributed by atoms with E-state index < -0.39 is 11.9 Å². The predicted molar refractivity (Wildman–Crippen MR) is 85.7 cm³/mol. The minimum Gasteiger partial charge on any atom is -0.490 e. The summed E-state index contributed by atoms with van der Waals surface area (Å²) in [7, 11) is 0. The lowest BCUT2D eigenvalue weighted by molar-refractivity contribution is -0.115. The fourth-order valence-electron chi connectivity index (χ4n) is 1.83. The van der Waals surface area contributed by atoms with Crippen LogP contribution in [0.1, 0.15) is 12.5 Å². The highest BCUT2D eigenvalue weighted by atomic mass is 79.9. The van der Waals surface area contributed by atoms with Crippen LogP contribution in [0.25, 0.3) is 6.08 Å². The summed E-state index contributed by atoms with van der Waals surface area (Å²) >= 11 is 3.42. The summed E-state index contributed by atoms with van der Waals surface area (Å²) in [5, 5.41) is 4.58. The van der Waals surface area contributed by atoms with Crippen molar-refractivity contribution in [2.45, 2.75) is 6.92 Å². The quantitative estimate of drug-likeness (QED) is 0.460. The van der Waals surface area contributed by atoms with E-state index in [1.165, 1.54) is 0 Å². The van der Waals surface area contributed by atoms with Crippen LogP contribution in [0.15, 0.2) is 35.0 Å². The molecule has 1 fully saturated rings. The predicted octanol–water partition coefficient (Wildman–Crippen LogP) is 2.59.